The van der Waals surface area contributed by atoms with E-state index in [4.69, 9.17) is 5.73 Å². The summed E-state index contributed by atoms with van der Waals surface area (Å²) >= 11 is 0. The van der Waals surface area contributed by atoms with Crippen LogP contribution in [0.5, 0.6) is 0 Å². The number of aromatic nitrogens is 3. The second-order valence-electron chi connectivity index (χ2n) is 6.12. The van der Waals surface area contributed by atoms with Gasteiger partial charge in [-0.25, -0.2) is 9.97 Å². The molecule has 0 radical (unpaired) electrons. The average Bonchev–Trinajstić information content (AvgIpc) is 2.97. The monoisotopic (exact) mass is 322 g/mol. The van der Waals surface area contributed by atoms with Gasteiger partial charge in [-0.15, -0.1) is 0 Å². The van der Waals surface area contributed by atoms with Gasteiger partial charge in [0.2, 0.25) is 5.91 Å². The molecule has 122 valence electrons. The summed E-state index contributed by atoms with van der Waals surface area (Å²) in [5.41, 5.74) is 8.83. The zero-order valence-corrected chi connectivity index (χ0v) is 13.5. The summed E-state index contributed by atoms with van der Waals surface area (Å²) in [4.78, 5) is 35.4. The van der Waals surface area contributed by atoms with Gasteiger partial charge in [-0.05, 0) is 18.1 Å². The maximum absolute atomic E-state index is 12.4. The van der Waals surface area contributed by atoms with Crippen LogP contribution in [0.4, 0.5) is 0 Å². The van der Waals surface area contributed by atoms with E-state index < -0.39 is 5.91 Å². The highest BCUT2D eigenvalue weighted by Crippen LogP contribution is 2.23. The van der Waals surface area contributed by atoms with Crippen molar-refractivity contribution in [1.29, 1.82) is 0 Å². The van der Waals surface area contributed by atoms with Crippen molar-refractivity contribution < 1.29 is 9.59 Å². The number of hydrogen-bond acceptors (Lipinski definition) is 4. The van der Waals surface area contributed by atoms with E-state index >= 15 is 0 Å². The van der Waals surface area contributed by atoms with E-state index in [9.17, 15) is 9.59 Å². The van der Waals surface area contributed by atoms with E-state index in [1.807, 2.05) is 13.8 Å². The first kappa shape index (κ1) is 15.9. The van der Waals surface area contributed by atoms with Gasteiger partial charge in [-0.3, -0.25) is 9.59 Å². The van der Waals surface area contributed by atoms with E-state index in [0.717, 1.165) is 5.56 Å². The summed E-state index contributed by atoms with van der Waals surface area (Å²) in [5.74, 6) is -0.151. The number of amides is 1. The molecule has 24 heavy (non-hydrogen) atoms. The van der Waals surface area contributed by atoms with Crippen molar-refractivity contribution in [1.82, 2.24) is 15.0 Å². The molecule has 0 unspecified atom stereocenters. The number of rotatable bonds is 5. The highest BCUT2D eigenvalue weighted by atomic mass is 16.1. The number of carbonyl (C=O) groups excluding carboxylic acids is 2. The molecule has 0 spiro atoms. The van der Waals surface area contributed by atoms with Gasteiger partial charge in [0.25, 0.3) is 0 Å². The molecule has 0 bridgehead atoms. The van der Waals surface area contributed by atoms with Gasteiger partial charge in [0.05, 0.1) is 17.5 Å². The number of nitrogens with zero attached hydrogens (tertiary/aromatic N) is 2. The molecule has 3 N–H and O–H groups in total. The summed E-state index contributed by atoms with van der Waals surface area (Å²) in [6.07, 6.45) is 3.76. The Hall–Kier alpha value is -3.02. The van der Waals surface area contributed by atoms with E-state index in [1.54, 1.807) is 36.7 Å². The number of nitrogens with two attached hydrogens (primary N) is 1. The lowest BCUT2D eigenvalue weighted by atomic mass is 10.0. The molecule has 2 heterocycles. The van der Waals surface area contributed by atoms with Gasteiger partial charge in [-0.1, -0.05) is 26.0 Å². The Morgan fingerprint density at radius 3 is 2.54 bits per heavy atom. The van der Waals surface area contributed by atoms with Gasteiger partial charge < -0.3 is 10.7 Å². The number of primary amides is 1. The largest absolute Gasteiger partial charge is 0.366 e. The van der Waals surface area contributed by atoms with Crippen molar-refractivity contribution in [3.63, 3.8) is 0 Å². The van der Waals surface area contributed by atoms with Crippen LogP contribution < -0.4 is 5.73 Å². The number of nitrogens with one attached hydrogen (secondary N) is 1. The summed E-state index contributed by atoms with van der Waals surface area (Å²) in [7, 11) is 0. The highest BCUT2D eigenvalue weighted by molar-refractivity contribution is 6.06. The lowest BCUT2D eigenvalue weighted by Crippen LogP contribution is -2.10. The Balaban J connectivity index is 2.01. The number of carbonyl (C=O) groups is 2. The lowest BCUT2D eigenvalue weighted by molar-refractivity contribution is 0.0967. The molecule has 0 aliphatic carbocycles. The third-order valence-corrected chi connectivity index (χ3v) is 3.74. The van der Waals surface area contributed by atoms with Gasteiger partial charge in [0, 0.05) is 23.7 Å². The second-order valence-corrected chi connectivity index (χ2v) is 6.12. The molecule has 2 aromatic heterocycles. The Bertz CT molecular complexity index is 910. The minimum Gasteiger partial charge on any atom is -0.366 e. The molecule has 0 saturated heterocycles. The van der Waals surface area contributed by atoms with Crippen molar-refractivity contribution in [3.8, 4) is 11.3 Å². The predicted octanol–water partition coefficient (Wildman–Crippen LogP) is 2.95. The quantitative estimate of drug-likeness (QED) is 0.705. The molecule has 0 saturated carbocycles. The fraction of sp³-hybridized carbons (Fsp3) is 0.222. The van der Waals surface area contributed by atoms with E-state index in [2.05, 4.69) is 15.0 Å². The maximum Gasteiger partial charge on any atom is 0.248 e. The molecule has 0 aliphatic heterocycles. The smallest absolute Gasteiger partial charge is 0.248 e. The molecule has 3 rings (SSSR count). The Morgan fingerprint density at radius 2 is 1.92 bits per heavy atom. The number of ketones is 1. The predicted molar refractivity (Wildman–Crippen MR) is 91.6 cm³/mol. The molecule has 6 heteroatoms. The molecule has 0 aliphatic rings. The van der Waals surface area contributed by atoms with Gasteiger partial charge in [-0.2, -0.15) is 0 Å². The molecule has 0 fully saturated rings. The van der Waals surface area contributed by atoms with Crippen LogP contribution >= 0.6 is 0 Å². The first-order valence-electron chi connectivity index (χ1n) is 7.73. The molecular formula is C18H18N4O2. The zero-order valence-electron chi connectivity index (χ0n) is 13.5. The van der Waals surface area contributed by atoms with Crippen LogP contribution in [0.1, 0.15) is 41.0 Å². The average molecular weight is 322 g/mol. The molecule has 1 aromatic carbocycles. The molecule has 1 amide bonds. The van der Waals surface area contributed by atoms with Crippen LogP contribution in [-0.2, 0) is 0 Å². The third-order valence-electron chi connectivity index (χ3n) is 3.74. The number of aromatic amines is 1. The number of fused-ring (bicyclic) bond motifs is 1. The van der Waals surface area contributed by atoms with Crippen molar-refractivity contribution >= 4 is 22.9 Å². The van der Waals surface area contributed by atoms with Crippen molar-refractivity contribution in [2.75, 3.05) is 0 Å². The van der Waals surface area contributed by atoms with Gasteiger partial charge in [0.1, 0.15) is 5.52 Å². The molecule has 0 atom stereocenters. The lowest BCUT2D eigenvalue weighted by Gasteiger charge is -2.04. The molecular weight excluding hydrogens is 304 g/mol. The topological polar surface area (TPSA) is 102 Å². The van der Waals surface area contributed by atoms with Crippen LogP contribution in [0.25, 0.3) is 22.4 Å². The second kappa shape index (κ2) is 6.23. The van der Waals surface area contributed by atoms with Gasteiger partial charge >= 0.3 is 0 Å². The van der Waals surface area contributed by atoms with Crippen LogP contribution in [0.3, 0.4) is 0 Å². The SMILES string of the molecule is CC(C)CC(=O)c1c[nH]c2ncc(-c3ccc(C(N)=O)cc3)nc12. The highest BCUT2D eigenvalue weighted by Gasteiger charge is 2.16. The van der Waals surface area contributed by atoms with E-state index in [-0.39, 0.29) is 11.7 Å². The third kappa shape index (κ3) is 3.03. The summed E-state index contributed by atoms with van der Waals surface area (Å²) < 4.78 is 0. The normalized spacial score (nSPS) is 11.1. The van der Waals surface area contributed by atoms with Crippen molar-refractivity contribution in [2.45, 2.75) is 20.3 Å². The summed E-state index contributed by atoms with van der Waals surface area (Å²) in [5, 5.41) is 0. The number of benzene rings is 1. The number of Topliss-reactive ketones (excluding diaryl/α,β-unsaturated/α-hetero) is 1. The summed E-state index contributed by atoms with van der Waals surface area (Å²) in [6.45, 7) is 4.01. The first-order chi connectivity index (χ1) is 11.5. The van der Waals surface area contributed by atoms with Gasteiger partial charge in [0.15, 0.2) is 11.4 Å². The fourth-order valence-electron chi connectivity index (χ4n) is 2.53. The van der Waals surface area contributed by atoms with Crippen LogP contribution in [0.2, 0.25) is 0 Å². The number of H-pyrrole nitrogens is 1. The van der Waals surface area contributed by atoms with Crippen molar-refractivity contribution in [3.05, 3.63) is 47.8 Å². The fourth-order valence-corrected chi connectivity index (χ4v) is 2.53. The Labute approximate surface area is 139 Å². The zero-order chi connectivity index (χ0) is 17.3. The molecule has 6 nitrogen and oxygen atoms in total. The maximum atomic E-state index is 12.4. The minimum absolute atomic E-state index is 0.0479. The van der Waals surface area contributed by atoms with E-state index in [0.29, 0.717) is 34.4 Å². The minimum atomic E-state index is -0.477. The van der Waals surface area contributed by atoms with Crippen molar-refractivity contribution in [2.24, 2.45) is 11.7 Å². The van der Waals surface area contributed by atoms with Crippen LogP contribution in [0.15, 0.2) is 36.7 Å². The molecule has 3 aromatic rings. The van der Waals surface area contributed by atoms with E-state index in [1.165, 1.54) is 0 Å². The standard InChI is InChI=1S/C18H18N4O2/c1-10(2)7-15(23)13-8-20-18-16(13)22-14(9-21-18)11-3-5-12(6-4-11)17(19)24/h3-6,8-10H,7H2,1-2H3,(H2,19,24)(H,20,21). The number of hydrogen-bond donors (Lipinski definition) is 2. The van der Waals surface area contributed by atoms with Crippen LogP contribution in [-0.4, -0.2) is 26.6 Å². The summed E-state index contributed by atoms with van der Waals surface area (Å²) in [6, 6.07) is 6.81. The Kier molecular flexibility index (Phi) is 4.12. The first-order valence-corrected chi connectivity index (χ1v) is 7.73. The van der Waals surface area contributed by atoms with Crippen LogP contribution in [0, 0.1) is 5.92 Å². The Morgan fingerprint density at radius 1 is 1.21 bits per heavy atom.